The van der Waals surface area contributed by atoms with Crippen molar-refractivity contribution >= 4 is 28.2 Å². The Morgan fingerprint density at radius 1 is 1.21 bits per heavy atom. The minimum Gasteiger partial charge on any atom is -0.352 e. The Kier molecular flexibility index (Phi) is 5.89. The first-order valence-electron chi connectivity index (χ1n) is 9.71. The Labute approximate surface area is 169 Å². The fraction of sp³-hybridized carbons (Fsp3) is 0.455. The van der Waals surface area contributed by atoms with Crippen molar-refractivity contribution in [3.63, 3.8) is 0 Å². The molecular weight excluding hydrogens is 375 g/mol. The molecule has 2 aromatic rings. The van der Waals surface area contributed by atoms with Crippen LogP contribution in [0.25, 0.3) is 0 Å². The van der Waals surface area contributed by atoms with Gasteiger partial charge in [-0.2, -0.15) is 0 Å². The van der Waals surface area contributed by atoms with E-state index in [0.29, 0.717) is 23.0 Å². The highest BCUT2D eigenvalue weighted by molar-refractivity contribution is 7.17. The third kappa shape index (κ3) is 4.12. The molecule has 1 aliphatic carbocycles. The van der Waals surface area contributed by atoms with Crippen molar-refractivity contribution in [2.24, 2.45) is 11.3 Å². The van der Waals surface area contributed by atoms with Crippen molar-refractivity contribution in [2.45, 2.75) is 47.0 Å². The smallest absolute Gasteiger partial charge is 0.259 e. The molecule has 1 atom stereocenters. The lowest BCUT2D eigenvalue weighted by Crippen LogP contribution is -2.28. The fourth-order valence-electron chi connectivity index (χ4n) is 3.72. The van der Waals surface area contributed by atoms with Crippen LogP contribution in [0, 0.1) is 17.2 Å². The van der Waals surface area contributed by atoms with Crippen molar-refractivity contribution in [3.8, 4) is 0 Å². The van der Waals surface area contributed by atoms with Gasteiger partial charge in [-0.05, 0) is 55.2 Å². The predicted octanol–water partition coefficient (Wildman–Crippen LogP) is 5.04. The minimum atomic E-state index is -0.575. The van der Waals surface area contributed by atoms with Crippen LogP contribution in [-0.4, -0.2) is 18.4 Å². The van der Waals surface area contributed by atoms with Gasteiger partial charge in [0.1, 0.15) is 10.8 Å². The number of amides is 2. The van der Waals surface area contributed by atoms with Crippen LogP contribution in [0.15, 0.2) is 24.3 Å². The first-order chi connectivity index (χ1) is 13.2. The maximum absolute atomic E-state index is 14.0. The lowest BCUT2D eigenvalue weighted by Gasteiger charge is -2.33. The van der Waals surface area contributed by atoms with Gasteiger partial charge in [0, 0.05) is 11.4 Å². The molecule has 0 bridgehead atoms. The van der Waals surface area contributed by atoms with E-state index in [-0.39, 0.29) is 16.9 Å². The number of hydrogen-bond donors (Lipinski definition) is 2. The Hall–Kier alpha value is -2.21. The topological polar surface area (TPSA) is 58.2 Å². The lowest BCUT2D eigenvalue weighted by molar-refractivity contribution is 0.0955. The summed E-state index contributed by atoms with van der Waals surface area (Å²) in [6, 6.07) is 5.87. The highest BCUT2D eigenvalue weighted by Gasteiger charge is 2.34. The van der Waals surface area contributed by atoms with E-state index in [1.807, 2.05) is 6.92 Å². The standard InChI is InChI=1S/C22H27FN2O2S/c1-5-24-20(27)18-15-11-10-13(22(2,3)4)12-17(15)28-21(18)25-19(26)14-8-6-7-9-16(14)23/h6-9,13H,5,10-12H2,1-4H3,(H,24,27)(H,25,26)/t13-/m1/s1. The molecule has 2 N–H and O–H groups in total. The van der Waals surface area contributed by atoms with Crippen molar-refractivity contribution in [3.05, 3.63) is 51.7 Å². The average Bonchev–Trinajstić information content (AvgIpc) is 2.98. The number of halogens is 1. The molecule has 0 saturated heterocycles. The number of anilines is 1. The molecule has 1 aliphatic rings. The Morgan fingerprint density at radius 2 is 1.93 bits per heavy atom. The number of carbonyl (C=O) groups excluding carboxylic acids is 2. The summed E-state index contributed by atoms with van der Waals surface area (Å²) in [5, 5.41) is 6.16. The van der Waals surface area contributed by atoms with Gasteiger partial charge in [-0.3, -0.25) is 9.59 Å². The van der Waals surface area contributed by atoms with Gasteiger partial charge in [-0.25, -0.2) is 4.39 Å². The molecule has 150 valence electrons. The zero-order chi connectivity index (χ0) is 20.5. The zero-order valence-corrected chi connectivity index (χ0v) is 17.6. The van der Waals surface area contributed by atoms with Crippen LogP contribution in [0.2, 0.25) is 0 Å². The number of carbonyl (C=O) groups is 2. The lowest BCUT2D eigenvalue weighted by atomic mass is 9.72. The first kappa shape index (κ1) is 20.5. The SMILES string of the molecule is CCNC(=O)c1c(NC(=O)c2ccccc2F)sc2c1CC[C@@H](C(C)(C)C)C2. The molecule has 1 heterocycles. The van der Waals surface area contributed by atoms with Crippen LogP contribution in [0.3, 0.4) is 0 Å². The second-order valence-electron chi connectivity index (χ2n) is 8.31. The van der Waals surface area contributed by atoms with Crippen LogP contribution in [0.1, 0.15) is 65.3 Å². The Morgan fingerprint density at radius 3 is 2.57 bits per heavy atom. The van der Waals surface area contributed by atoms with Crippen LogP contribution in [0.5, 0.6) is 0 Å². The summed E-state index contributed by atoms with van der Waals surface area (Å²) >= 11 is 1.45. The molecule has 2 amide bonds. The van der Waals surface area contributed by atoms with Gasteiger partial charge in [0.05, 0.1) is 11.1 Å². The number of thiophene rings is 1. The van der Waals surface area contributed by atoms with E-state index < -0.39 is 11.7 Å². The molecule has 1 aromatic carbocycles. The number of rotatable bonds is 4. The molecule has 0 saturated carbocycles. The van der Waals surface area contributed by atoms with E-state index in [0.717, 1.165) is 29.7 Å². The second kappa shape index (κ2) is 8.03. The summed E-state index contributed by atoms with van der Waals surface area (Å²) in [5.74, 6) is -0.766. The maximum Gasteiger partial charge on any atom is 0.259 e. The van der Waals surface area contributed by atoms with Gasteiger partial charge in [0.25, 0.3) is 11.8 Å². The first-order valence-corrected chi connectivity index (χ1v) is 10.5. The van der Waals surface area contributed by atoms with E-state index in [4.69, 9.17) is 0 Å². The summed E-state index contributed by atoms with van der Waals surface area (Å²) in [5.41, 5.74) is 1.73. The second-order valence-corrected chi connectivity index (χ2v) is 9.41. The zero-order valence-electron chi connectivity index (χ0n) is 16.8. The van der Waals surface area contributed by atoms with Crippen LogP contribution >= 0.6 is 11.3 Å². The monoisotopic (exact) mass is 402 g/mol. The van der Waals surface area contributed by atoms with Crippen molar-refractivity contribution in [2.75, 3.05) is 11.9 Å². The van der Waals surface area contributed by atoms with Gasteiger partial charge in [-0.15, -0.1) is 11.3 Å². The van der Waals surface area contributed by atoms with Gasteiger partial charge in [0.15, 0.2) is 0 Å². The maximum atomic E-state index is 14.0. The molecule has 0 unspecified atom stereocenters. The number of nitrogens with one attached hydrogen (secondary N) is 2. The van der Waals surface area contributed by atoms with Gasteiger partial charge >= 0.3 is 0 Å². The fourth-order valence-corrected chi connectivity index (χ4v) is 5.04. The third-order valence-corrected chi connectivity index (χ3v) is 6.57. The summed E-state index contributed by atoms with van der Waals surface area (Å²) in [6.07, 6.45) is 2.72. The van der Waals surface area contributed by atoms with Gasteiger partial charge < -0.3 is 10.6 Å². The van der Waals surface area contributed by atoms with E-state index in [2.05, 4.69) is 31.4 Å². The van der Waals surface area contributed by atoms with Gasteiger partial charge in [-0.1, -0.05) is 32.9 Å². The Balaban J connectivity index is 1.96. The van der Waals surface area contributed by atoms with Crippen LogP contribution < -0.4 is 10.6 Å². The van der Waals surface area contributed by atoms with E-state index in [1.165, 1.54) is 23.5 Å². The molecule has 0 aliphatic heterocycles. The van der Waals surface area contributed by atoms with E-state index in [1.54, 1.807) is 12.1 Å². The van der Waals surface area contributed by atoms with Crippen LogP contribution in [0.4, 0.5) is 9.39 Å². The van der Waals surface area contributed by atoms with E-state index in [9.17, 15) is 14.0 Å². The van der Waals surface area contributed by atoms with E-state index >= 15 is 0 Å². The van der Waals surface area contributed by atoms with Gasteiger partial charge in [0.2, 0.25) is 0 Å². The van der Waals surface area contributed by atoms with Crippen molar-refractivity contribution < 1.29 is 14.0 Å². The molecule has 1 aromatic heterocycles. The summed E-state index contributed by atoms with van der Waals surface area (Å²) in [7, 11) is 0. The minimum absolute atomic E-state index is 0.0247. The molecule has 3 rings (SSSR count). The summed E-state index contributed by atoms with van der Waals surface area (Å²) in [4.78, 5) is 26.5. The van der Waals surface area contributed by atoms with Crippen LogP contribution in [-0.2, 0) is 12.8 Å². The molecule has 0 spiro atoms. The highest BCUT2D eigenvalue weighted by Crippen LogP contribution is 2.44. The molecule has 28 heavy (non-hydrogen) atoms. The Bertz CT molecular complexity index is 898. The molecule has 0 radical (unpaired) electrons. The largest absolute Gasteiger partial charge is 0.352 e. The number of hydrogen-bond acceptors (Lipinski definition) is 3. The quantitative estimate of drug-likeness (QED) is 0.753. The van der Waals surface area contributed by atoms with Crippen molar-refractivity contribution in [1.29, 1.82) is 0 Å². The number of benzene rings is 1. The summed E-state index contributed by atoms with van der Waals surface area (Å²) in [6.45, 7) is 9.09. The molecular formula is C22H27FN2O2S. The molecule has 4 nitrogen and oxygen atoms in total. The average molecular weight is 403 g/mol. The summed E-state index contributed by atoms with van der Waals surface area (Å²) < 4.78 is 14.0. The molecule has 6 heteroatoms. The molecule has 0 fully saturated rings. The third-order valence-electron chi connectivity index (χ3n) is 5.40. The highest BCUT2D eigenvalue weighted by atomic mass is 32.1. The normalized spacial score (nSPS) is 16.4. The number of fused-ring (bicyclic) bond motifs is 1. The van der Waals surface area contributed by atoms with Crippen molar-refractivity contribution in [1.82, 2.24) is 5.32 Å². The predicted molar refractivity (Wildman–Crippen MR) is 112 cm³/mol.